The van der Waals surface area contributed by atoms with Crippen molar-refractivity contribution >= 4 is 52.3 Å². The van der Waals surface area contributed by atoms with Crippen LogP contribution in [0.15, 0.2) is 58.3 Å². The van der Waals surface area contributed by atoms with E-state index < -0.39 is 5.92 Å². The molecule has 2 aromatic carbocycles. The predicted molar refractivity (Wildman–Crippen MR) is 138 cm³/mol. The van der Waals surface area contributed by atoms with Crippen molar-refractivity contribution in [3.05, 3.63) is 85.0 Å². The number of nitriles is 1. The maximum Gasteiger partial charge on any atom is 0.234 e. The number of ketones is 1. The van der Waals surface area contributed by atoms with E-state index in [0.29, 0.717) is 44.6 Å². The van der Waals surface area contributed by atoms with Gasteiger partial charge in [0, 0.05) is 23.4 Å². The van der Waals surface area contributed by atoms with E-state index in [1.165, 1.54) is 11.8 Å². The van der Waals surface area contributed by atoms with Crippen molar-refractivity contribution in [2.45, 2.75) is 39.0 Å². The number of hydrogen-bond donors (Lipinski definition) is 2. The molecule has 34 heavy (non-hydrogen) atoms. The van der Waals surface area contributed by atoms with Crippen LogP contribution in [0.2, 0.25) is 10.0 Å². The second kappa shape index (κ2) is 10.3. The molecule has 1 unspecified atom stereocenters. The zero-order valence-corrected chi connectivity index (χ0v) is 21.1. The normalized spacial score (nSPS) is 17.7. The molecule has 1 atom stereocenters. The van der Waals surface area contributed by atoms with E-state index in [4.69, 9.17) is 23.2 Å². The van der Waals surface area contributed by atoms with Gasteiger partial charge in [0.1, 0.15) is 0 Å². The Morgan fingerprint density at radius 2 is 2.00 bits per heavy atom. The van der Waals surface area contributed by atoms with Gasteiger partial charge < -0.3 is 10.6 Å². The monoisotopic (exact) mass is 511 g/mol. The number of dihydropyridines is 1. The highest BCUT2D eigenvalue weighted by Gasteiger charge is 2.38. The minimum absolute atomic E-state index is 0.000855. The number of nitrogens with one attached hydrogen (secondary N) is 2. The number of rotatable bonds is 5. The lowest BCUT2D eigenvalue weighted by Gasteiger charge is -2.33. The third kappa shape index (κ3) is 4.88. The number of carbonyl (C=O) groups is 2. The van der Waals surface area contributed by atoms with E-state index in [2.05, 4.69) is 16.7 Å². The van der Waals surface area contributed by atoms with Gasteiger partial charge >= 0.3 is 0 Å². The van der Waals surface area contributed by atoms with Gasteiger partial charge in [-0.15, -0.1) is 0 Å². The van der Waals surface area contributed by atoms with Crippen LogP contribution < -0.4 is 10.6 Å². The summed E-state index contributed by atoms with van der Waals surface area (Å²) in [6.45, 7) is 4.01. The van der Waals surface area contributed by atoms with Crippen LogP contribution in [0.3, 0.4) is 0 Å². The number of nitrogens with zero attached hydrogens (tertiary/aromatic N) is 1. The van der Waals surface area contributed by atoms with E-state index >= 15 is 0 Å². The molecule has 1 aliphatic carbocycles. The minimum Gasteiger partial charge on any atom is -0.352 e. The highest BCUT2D eigenvalue weighted by Crippen LogP contribution is 2.46. The first-order chi connectivity index (χ1) is 16.3. The number of carbonyl (C=O) groups excluding carboxylic acids is 2. The molecule has 0 aromatic heterocycles. The van der Waals surface area contributed by atoms with Crippen LogP contribution in [-0.2, 0) is 9.59 Å². The third-order valence-corrected chi connectivity index (χ3v) is 7.94. The summed E-state index contributed by atoms with van der Waals surface area (Å²) in [6.07, 6.45) is 1.84. The van der Waals surface area contributed by atoms with Crippen LogP contribution in [0.5, 0.6) is 0 Å². The van der Waals surface area contributed by atoms with Crippen molar-refractivity contribution in [2.75, 3.05) is 11.1 Å². The van der Waals surface area contributed by atoms with Crippen LogP contribution in [0.4, 0.5) is 5.69 Å². The number of amides is 1. The lowest BCUT2D eigenvalue weighted by molar-refractivity contribution is -0.116. The molecule has 5 nitrogen and oxygen atoms in total. The summed E-state index contributed by atoms with van der Waals surface area (Å²) < 4.78 is 0. The van der Waals surface area contributed by atoms with Gasteiger partial charge in [-0.1, -0.05) is 53.2 Å². The number of halogens is 2. The van der Waals surface area contributed by atoms with Gasteiger partial charge in [-0.3, -0.25) is 9.59 Å². The van der Waals surface area contributed by atoms with Crippen molar-refractivity contribution in [3.63, 3.8) is 0 Å². The first kappa shape index (κ1) is 24.4. The molecule has 0 spiro atoms. The Balaban J connectivity index is 1.64. The molecule has 174 valence electrons. The third-order valence-electron chi connectivity index (χ3n) is 6.09. The minimum atomic E-state index is -0.620. The first-order valence-corrected chi connectivity index (χ1v) is 12.7. The fraction of sp³-hybridized carbons (Fsp3) is 0.269. The van der Waals surface area contributed by atoms with Crippen molar-refractivity contribution < 1.29 is 9.59 Å². The van der Waals surface area contributed by atoms with Crippen LogP contribution in [0.25, 0.3) is 0 Å². The summed E-state index contributed by atoms with van der Waals surface area (Å²) in [5, 5.41) is 17.6. The summed E-state index contributed by atoms with van der Waals surface area (Å²) in [5.74, 6) is -0.700. The standard InChI is InChI=1S/C26H23Cl2N3O2S/c1-14-9-10-16(11-15(14)2)30-22(33)13-34-26-18(12-29)23(17-5-3-6-19(27)25(17)28)24-20(31-26)7-4-8-21(24)32/h3,5-6,9-11,23,31H,4,7-8,13H2,1-2H3,(H,30,33). The zero-order chi connectivity index (χ0) is 24.4. The Labute approximate surface area is 213 Å². The average Bonchev–Trinajstić information content (AvgIpc) is 2.81. The topological polar surface area (TPSA) is 82.0 Å². The van der Waals surface area contributed by atoms with Gasteiger partial charge in [0.25, 0.3) is 0 Å². The van der Waals surface area contributed by atoms with Gasteiger partial charge in [0.2, 0.25) is 5.91 Å². The number of Topliss-reactive ketones (excluding diaryl/α,β-unsaturated/α-hetero) is 1. The van der Waals surface area contributed by atoms with Crippen LogP contribution in [0, 0.1) is 25.2 Å². The van der Waals surface area contributed by atoms with Gasteiger partial charge in [0.15, 0.2) is 5.78 Å². The first-order valence-electron chi connectivity index (χ1n) is 10.9. The Kier molecular flexibility index (Phi) is 7.37. The van der Waals surface area contributed by atoms with Crippen molar-refractivity contribution in [3.8, 4) is 6.07 Å². The molecule has 2 aliphatic rings. The van der Waals surface area contributed by atoms with Crippen LogP contribution >= 0.6 is 35.0 Å². The van der Waals surface area contributed by atoms with Crippen molar-refractivity contribution in [1.29, 1.82) is 5.26 Å². The van der Waals surface area contributed by atoms with Gasteiger partial charge in [-0.25, -0.2) is 0 Å². The molecule has 0 saturated heterocycles. The quantitative estimate of drug-likeness (QED) is 0.484. The van der Waals surface area contributed by atoms with E-state index in [0.717, 1.165) is 28.9 Å². The smallest absolute Gasteiger partial charge is 0.234 e. The van der Waals surface area contributed by atoms with Crippen molar-refractivity contribution in [2.24, 2.45) is 0 Å². The molecule has 0 fully saturated rings. The molecule has 2 aromatic rings. The molecule has 0 saturated carbocycles. The molecular weight excluding hydrogens is 489 g/mol. The Bertz CT molecular complexity index is 1290. The van der Waals surface area contributed by atoms with Gasteiger partial charge in [0.05, 0.1) is 38.4 Å². The number of allylic oxidation sites excluding steroid dienone is 3. The van der Waals surface area contributed by atoms with Crippen molar-refractivity contribution in [1.82, 2.24) is 5.32 Å². The van der Waals surface area contributed by atoms with Crippen LogP contribution in [0.1, 0.15) is 41.9 Å². The van der Waals surface area contributed by atoms with E-state index in [9.17, 15) is 14.9 Å². The highest BCUT2D eigenvalue weighted by molar-refractivity contribution is 8.03. The van der Waals surface area contributed by atoms with Gasteiger partial charge in [-0.2, -0.15) is 5.26 Å². The summed E-state index contributed by atoms with van der Waals surface area (Å²) in [7, 11) is 0. The highest BCUT2D eigenvalue weighted by atomic mass is 35.5. The molecule has 4 rings (SSSR count). The van der Waals surface area contributed by atoms with E-state index in [-0.39, 0.29) is 17.4 Å². The molecular formula is C26H23Cl2N3O2S. The second-order valence-corrected chi connectivity index (χ2v) is 10.1. The molecule has 1 aliphatic heterocycles. The lowest BCUT2D eigenvalue weighted by Crippen LogP contribution is -2.32. The lowest BCUT2D eigenvalue weighted by atomic mass is 9.77. The Hall–Kier alpha value is -2.72. The largest absolute Gasteiger partial charge is 0.352 e. The molecule has 1 heterocycles. The number of benzene rings is 2. The average molecular weight is 512 g/mol. The SMILES string of the molecule is Cc1ccc(NC(=O)CSC2=C(C#N)C(c3cccc(Cl)c3Cl)C3=C(CCCC3=O)N2)cc1C. The molecule has 0 radical (unpaired) electrons. The number of thioether (sulfide) groups is 1. The maximum absolute atomic E-state index is 12.9. The summed E-state index contributed by atoms with van der Waals surface area (Å²) in [4.78, 5) is 25.6. The molecule has 0 bridgehead atoms. The Morgan fingerprint density at radius 1 is 1.21 bits per heavy atom. The van der Waals surface area contributed by atoms with E-state index in [1.54, 1.807) is 18.2 Å². The second-order valence-electron chi connectivity index (χ2n) is 8.36. The number of aryl methyl sites for hydroxylation is 2. The maximum atomic E-state index is 12.9. The Morgan fingerprint density at radius 3 is 2.74 bits per heavy atom. The number of hydrogen-bond acceptors (Lipinski definition) is 5. The number of anilines is 1. The fourth-order valence-corrected chi connectivity index (χ4v) is 5.52. The molecule has 1 amide bonds. The summed E-state index contributed by atoms with van der Waals surface area (Å²) in [6, 6.07) is 13.3. The zero-order valence-electron chi connectivity index (χ0n) is 18.8. The fourth-order valence-electron chi connectivity index (χ4n) is 4.25. The molecule has 2 N–H and O–H groups in total. The van der Waals surface area contributed by atoms with Gasteiger partial charge in [-0.05, 0) is 61.6 Å². The van der Waals surface area contributed by atoms with Crippen LogP contribution in [-0.4, -0.2) is 17.4 Å². The predicted octanol–water partition coefficient (Wildman–Crippen LogP) is 6.41. The summed E-state index contributed by atoms with van der Waals surface area (Å²) in [5.41, 5.74) is 5.31. The van der Waals surface area contributed by atoms with E-state index in [1.807, 2.05) is 32.0 Å². The molecule has 8 heteroatoms. The summed E-state index contributed by atoms with van der Waals surface area (Å²) >= 11 is 14.0.